The fourth-order valence-corrected chi connectivity index (χ4v) is 1.52. The van der Waals surface area contributed by atoms with Gasteiger partial charge >= 0.3 is 0 Å². The van der Waals surface area contributed by atoms with Crippen LogP contribution in [0.4, 0.5) is 0 Å². The van der Waals surface area contributed by atoms with Crippen molar-refractivity contribution >= 4 is 11.8 Å². The van der Waals surface area contributed by atoms with Crippen LogP contribution in [0.5, 0.6) is 0 Å². The van der Waals surface area contributed by atoms with E-state index in [1.54, 1.807) is 11.8 Å². The average Bonchev–Trinajstić information content (AvgIpc) is 2.42. The van der Waals surface area contributed by atoms with Crippen LogP contribution in [0.1, 0.15) is 24.3 Å². The predicted octanol–water partition coefficient (Wildman–Crippen LogP) is 1.91. The second-order valence-corrected chi connectivity index (χ2v) is 4.48. The van der Waals surface area contributed by atoms with Gasteiger partial charge in [-0.25, -0.2) is 4.98 Å². The first kappa shape index (κ1) is 10.6. The van der Waals surface area contributed by atoms with E-state index in [4.69, 9.17) is 9.52 Å². The molecule has 1 N–H and O–H groups in total. The monoisotopic (exact) mass is 201 g/mol. The number of aryl methyl sites for hydroxylation is 2. The Hall–Kier alpha value is -0.480. The third-order valence-electron chi connectivity index (χ3n) is 1.82. The van der Waals surface area contributed by atoms with Gasteiger partial charge < -0.3 is 9.52 Å². The minimum atomic E-state index is 0.198. The van der Waals surface area contributed by atoms with Crippen molar-refractivity contribution in [1.29, 1.82) is 0 Å². The van der Waals surface area contributed by atoms with Crippen LogP contribution in [-0.2, 0) is 5.75 Å². The van der Waals surface area contributed by atoms with E-state index in [-0.39, 0.29) is 11.9 Å². The van der Waals surface area contributed by atoms with Crippen molar-refractivity contribution in [3.8, 4) is 0 Å². The van der Waals surface area contributed by atoms with Gasteiger partial charge in [0.1, 0.15) is 5.76 Å². The van der Waals surface area contributed by atoms with Crippen molar-refractivity contribution in [2.45, 2.75) is 31.8 Å². The lowest BCUT2D eigenvalue weighted by Crippen LogP contribution is -2.02. The van der Waals surface area contributed by atoms with Crippen molar-refractivity contribution in [2.24, 2.45) is 0 Å². The Morgan fingerprint density at radius 1 is 1.54 bits per heavy atom. The maximum absolute atomic E-state index is 8.80. The summed E-state index contributed by atoms with van der Waals surface area (Å²) in [5.74, 6) is 2.36. The maximum Gasteiger partial charge on any atom is 0.204 e. The van der Waals surface area contributed by atoms with Gasteiger partial charge in [0.2, 0.25) is 5.89 Å². The third kappa shape index (κ3) is 3.04. The van der Waals surface area contributed by atoms with Crippen LogP contribution in [0.2, 0.25) is 0 Å². The number of aliphatic hydroxyl groups excluding tert-OH is 1. The summed E-state index contributed by atoms with van der Waals surface area (Å²) in [6.07, 6.45) is 0. The van der Waals surface area contributed by atoms with Crippen LogP contribution < -0.4 is 0 Å². The van der Waals surface area contributed by atoms with Gasteiger partial charge in [0.25, 0.3) is 0 Å². The Balaban J connectivity index is 2.45. The van der Waals surface area contributed by atoms with Gasteiger partial charge in [-0.3, -0.25) is 0 Å². The fraction of sp³-hybridized carbons (Fsp3) is 0.667. The SMILES string of the molecule is Cc1nc(CSC(C)CO)oc1C. The maximum atomic E-state index is 8.80. The van der Waals surface area contributed by atoms with Gasteiger partial charge in [-0.05, 0) is 13.8 Å². The highest BCUT2D eigenvalue weighted by Crippen LogP contribution is 2.18. The summed E-state index contributed by atoms with van der Waals surface area (Å²) in [7, 11) is 0. The molecule has 0 spiro atoms. The summed E-state index contributed by atoms with van der Waals surface area (Å²) in [6.45, 7) is 6.02. The van der Waals surface area contributed by atoms with Gasteiger partial charge in [-0.15, -0.1) is 11.8 Å². The first-order valence-electron chi connectivity index (χ1n) is 4.29. The van der Waals surface area contributed by atoms with Crippen molar-refractivity contribution in [1.82, 2.24) is 4.98 Å². The topological polar surface area (TPSA) is 46.3 Å². The lowest BCUT2D eigenvalue weighted by molar-refractivity contribution is 0.300. The molecule has 74 valence electrons. The minimum Gasteiger partial charge on any atom is -0.445 e. The van der Waals surface area contributed by atoms with Gasteiger partial charge in [0.15, 0.2) is 0 Å². The standard InChI is InChI=1S/C9H15NO2S/c1-6(4-11)13-5-9-10-7(2)8(3)12-9/h6,11H,4-5H2,1-3H3. The Kier molecular flexibility index (Phi) is 3.81. The molecule has 4 heteroatoms. The molecule has 0 radical (unpaired) electrons. The molecule has 0 amide bonds. The zero-order valence-corrected chi connectivity index (χ0v) is 9.02. The Labute approximate surface area is 82.6 Å². The van der Waals surface area contributed by atoms with Crippen LogP contribution in [0.15, 0.2) is 4.42 Å². The summed E-state index contributed by atoms with van der Waals surface area (Å²) >= 11 is 1.65. The number of hydrogen-bond acceptors (Lipinski definition) is 4. The molecule has 13 heavy (non-hydrogen) atoms. The van der Waals surface area contributed by atoms with E-state index in [1.165, 1.54) is 0 Å². The molecule has 1 heterocycles. The molecule has 1 unspecified atom stereocenters. The Morgan fingerprint density at radius 2 is 2.23 bits per heavy atom. The summed E-state index contributed by atoms with van der Waals surface area (Å²) < 4.78 is 5.40. The Bertz CT molecular complexity index is 253. The van der Waals surface area contributed by atoms with E-state index < -0.39 is 0 Å². The highest BCUT2D eigenvalue weighted by atomic mass is 32.2. The van der Waals surface area contributed by atoms with Crippen molar-refractivity contribution < 1.29 is 9.52 Å². The quantitative estimate of drug-likeness (QED) is 0.808. The van der Waals surface area contributed by atoms with Gasteiger partial charge in [-0.2, -0.15) is 0 Å². The molecule has 0 aliphatic heterocycles. The highest BCUT2D eigenvalue weighted by molar-refractivity contribution is 7.99. The first-order chi connectivity index (χ1) is 6.13. The molecular weight excluding hydrogens is 186 g/mol. The lowest BCUT2D eigenvalue weighted by Gasteiger charge is -2.03. The normalized spacial score (nSPS) is 13.2. The number of nitrogens with zero attached hydrogens (tertiary/aromatic N) is 1. The van der Waals surface area contributed by atoms with E-state index in [2.05, 4.69) is 4.98 Å². The molecule has 3 nitrogen and oxygen atoms in total. The molecule has 0 fully saturated rings. The number of aliphatic hydroxyl groups is 1. The number of thioether (sulfide) groups is 1. The van der Waals surface area contributed by atoms with Crippen molar-refractivity contribution in [2.75, 3.05) is 6.61 Å². The summed E-state index contributed by atoms with van der Waals surface area (Å²) in [5.41, 5.74) is 0.951. The minimum absolute atomic E-state index is 0.198. The van der Waals surface area contributed by atoms with E-state index in [0.717, 1.165) is 23.1 Å². The van der Waals surface area contributed by atoms with Gasteiger partial charge in [-0.1, -0.05) is 6.92 Å². The number of aromatic nitrogens is 1. The molecule has 1 atom stereocenters. The van der Waals surface area contributed by atoms with E-state index in [1.807, 2.05) is 20.8 Å². The molecule has 0 bridgehead atoms. The second-order valence-electron chi connectivity index (χ2n) is 3.05. The first-order valence-corrected chi connectivity index (χ1v) is 5.33. The molecule has 0 aliphatic rings. The van der Waals surface area contributed by atoms with Crippen molar-refractivity contribution in [3.05, 3.63) is 17.3 Å². The van der Waals surface area contributed by atoms with Gasteiger partial charge in [0, 0.05) is 5.25 Å². The molecule has 0 aromatic carbocycles. The Morgan fingerprint density at radius 3 is 2.69 bits per heavy atom. The zero-order chi connectivity index (χ0) is 9.84. The molecule has 0 saturated heterocycles. The molecule has 1 rings (SSSR count). The summed E-state index contributed by atoms with van der Waals surface area (Å²) in [4.78, 5) is 4.25. The fourth-order valence-electron chi connectivity index (χ4n) is 0.867. The summed E-state index contributed by atoms with van der Waals surface area (Å²) in [5, 5.41) is 9.04. The van der Waals surface area contributed by atoms with Crippen LogP contribution in [-0.4, -0.2) is 21.9 Å². The van der Waals surface area contributed by atoms with E-state index in [9.17, 15) is 0 Å². The predicted molar refractivity (Wildman–Crippen MR) is 53.8 cm³/mol. The summed E-state index contributed by atoms with van der Waals surface area (Å²) in [6, 6.07) is 0. The number of hydrogen-bond donors (Lipinski definition) is 1. The molecular formula is C9H15NO2S. The highest BCUT2D eigenvalue weighted by Gasteiger charge is 2.07. The third-order valence-corrected chi connectivity index (χ3v) is 2.95. The van der Waals surface area contributed by atoms with E-state index in [0.29, 0.717) is 0 Å². The van der Waals surface area contributed by atoms with E-state index >= 15 is 0 Å². The second kappa shape index (κ2) is 4.67. The van der Waals surface area contributed by atoms with Crippen LogP contribution >= 0.6 is 11.8 Å². The molecule has 1 aromatic heterocycles. The van der Waals surface area contributed by atoms with Crippen LogP contribution in [0.3, 0.4) is 0 Å². The number of oxazole rings is 1. The number of rotatable bonds is 4. The lowest BCUT2D eigenvalue weighted by atomic mass is 10.4. The largest absolute Gasteiger partial charge is 0.445 e. The smallest absolute Gasteiger partial charge is 0.204 e. The van der Waals surface area contributed by atoms with Crippen LogP contribution in [0, 0.1) is 13.8 Å². The zero-order valence-electron chi connectivity index (χ0n) is 8.20. The van der Waals surface area contributed by atoms with Crippen LogP contribution in [0.25, 0.3) is 0 Å². The van der Waals surface area contributed by atoms with Crippen molar-refractivity contribution in [3.63, 3.8) is 0 Å². The average molecular weight is 201 g/mol. The molecule has 0 aliphatic carbocycles. The van der Waals surface area contributed by atoms with Gasteiger partial charge in [0.05, 0.1) is 18.1 Å². The molecule has 0 saturated carbocycles. The molecule has 1 aromatic rings.